The maximum atomic E-state index is 12.9. The van der Waals surface area contributed by atoms with E-state index in [1.54, 1.807) is 0 Å². The van der Waals surface area contributed by atoms with Crippen molar-refractivity contribution < 1.29 is 9.59 Å². The zero-order valence-corrected chi connectivity index (χ0v) is 17.2. The molecule has 2 aromatic carbocycles. The molecule has 1 saturated carbocycles. The van der Waals surface area contributed by atoms with Crippen LogP contribution in [0.4, 0.5) is 11.4 Å². The summed E-state index contributed by atoms with van der Waals surface area (Å²) in [4.78, 5) is 29.8. The van der Waals surface area contributed by atoms with E-state index >= 15 is 0 Å². The fourth-order valence-corrected chi connectivity index (χ4v) is 4.18. The Morgan fingerprint density at radius 1 is 1.00 bits per heavy atom. The maximum absolute atomic E-state index is 12.9. The van der Waals surface area contributed by atoms with Crippen LogP contribution in [0.1, 0.15) is 24.5 Å². The lowest BCUT2D eigenvalue weighted by Crippen LogP contribution is -2.49. The number of hydrogen-bond acceptors (Lipinski definition) is 3. The highest BCUT2D eigenvalue weighted by Crippen LogP contribution is 2.41. The summed E-state index contributed by atoms with van der Waals surface area (Å²) in [5.74, 6) is -0.239. The number of rotatable bonds is 5. The van der Waals surface area contributed by atoms with Crippen LogP contribution in [0, 0.1) is 18.8 Å². The van der Waals surface area contributed by atoms with Gasteiger partial charge in [-0.15, -0.1) is 0 Å². The number of para-hydroxylation sites is 1. The van der Waals surface area contributed by atoms with Gasteiger partial charge in [-0.2, -0.15) is 0 Å². The summed E-state index contributed by atoms with van der Waals surface area (Å²) in [6.07, 6.45) is 1.53. The average molecular weight is 392 g/mol. The molecule has 0 bridgehead atoms. The smallest absolute Gasteiger partial charge is 0.228 e. The Morgan fingerprint density at radius 2 is 1.76 bits per heavy atom. The van der Waals surface area contributed by atoms with Gasteiger partial charge in [-0.05, 0) is 49.1 Å². The average Bonchev–Trinajstić information content (AvgIpc) is 3.55. The van der Waals surface area contributed by atoms with Crippen LogP contribution in [0.25, 0.3) is 0 Å². The number of anilines is 2. The molecule has 0 aromatic heterocycles. The van der Waals surface area contributed by atoms with Crippen LogP contribution in [-0.4, -0.2) is 42.9 Å². The first-order chi connectivity index (χ1) is 14.1. The molecule has 2 atom stereocenters. The van der Waals surface area contributed by atoms with Gasteiger partial charge in [0, 0.05) is 37.6 Å². The molecule has 1 heterocycles. The summed E-state index contributed by atoms with van der Waals surface area (Å²) in [7, 11) is 0. The molecule has 2 fully saturated rings. The molecule has 4 rings (SSSR count). The van der Waals surface area contributed by atoms with Crippen LogP contribution in [-0.2, 0) is 16.0 Å². The number of piperazine rings is 1. The predicted molar refractivity (Wildman–Crippen MR) is 116 cm³/mol. The normalized spacial score (nSPS) is 21.0. The number of hydrogen-bond donors (Lipinski definition) is 1. The number of nitrogens with one attached hydrogen (secondary N) is 1. The summed E-state index contributed by atoms with van der Waals surface area (Å²) in [5.41, 5.74) is 4.45. The second-order valence-corrected chi connectivity index (χ2v) is 8.10. The lowest BCUT2D eigenvalue weighted by atomic mass is 10.1. The third kappa shape index (κ3) is 4.29. The molecule has 2 aromatic rings. The van der Waals surface area contributed by atoms with E-state index in [-0.39, 0.29) is 23.7 Å². The van der Waals surface area contributed by atoms with Gasteiger partial charge in [-0.1, -0.05) is 37.3 Å². The highest BCUT2D eigenvalue weighted by atomic mass is 16.2. The van der Waals surface area contributed by atoms with Crippen LogP contribution in [0.3, 0.4) is 0 Å². The van der Waals surface area contributed by atoms with Crippen molar-refractivity contribution in [3.8, 4) is 0 Å². The topological polar surface area (TPSA) is 52.7 Å². The van der Waals surface area contributed by atoms with Gasteiger partial charge in [0.2, 0.25) is 11.8 Å². The van der Waals surface area contributed by atoms with Crippen molar-refractivity contribution in [3.05, 3.63) is 59.7 Å². The van der Waals surface area contributed by atoms with Crippen molar-refractivity contribution >= 4 is 23.2 Å². The summed E-state index contributed by atoms with van der Waals surface area (Å²) < 4.78 is 0. The van der Waals surface area contributed by atoms with Gasteiger partial charge in [0.05, 0.1) is 11.8 Å². The summed E-state index contributed by atoms with van der Waals surface area (Å²) in [6, 6.07) is 16.4. The minimum atomic E-state index is -0.192. The number of carbonyl (C=O) groups is 2. The molecule has 1 aliphatic heterocycles. The van der Waals surface area contributed by atoms with Gasteiger partial charge in [0.25, 0.3) is 0 Å². The zero-order valence-electron chi connectivity index (χ0n) is 17.2. The van der Waals surface area contributed by atoms with E-state index in [1.165, 1.54) is 11.3 Å². The second-order valence-electron chi connectivity index (χ2n) is 8.10. The van der Waals surface area contributed by atoms with Gasteiger partial charge in [-0.25, -0.2) is 0 Å². The number of aryl methyl sites for hydroxylation is 2. The van der Waals surface area contributed by atoms with E-state index in [0.29, 0.717) is 6.42 Å². The summed E-state index contributed by atoms with van der Waals surface area (Å²) >= 11 is 0. The quantitative estimate of drug-likeness (QED) is 0.849. The van der Waals surface area contributed by atoms with Crippen molar-refractivity contribution in [1.29, 1.82) is 0 Å². The first kappa shape index (κ1) is 19.5. The maximum Gasteiger partial charge on any atom is 0.228 e. The lowest BCUT2D eigenvalue weighted by Gasteiger charge is -2.36. The largest absolute Gasteiger partial charge is 0.368 e. The van der Waals surface area contributed by atoms with E-state index in [4.69, 9.17) is 0 Å². The van der Waals surface area contributed by atoms with Crippen LogP contribution in [0.15, 0.2) is 48.5 Å². The van der Waals surface area contributed by atoms with Crippen LogP contribution >= 0.6 is 0 Å². The van der Waals surface area contributed by atoms with Crippen molar-refractivity contribution in [2.75, 3.05) is 36.4 Å². The van der Waals surface area contributed by atoms with Crippen LogP contribution < -0.4 is 10.2 Å². The highest BCUT2D eigenvalue weighted by Gasteiger charge is 2.49. The van der Waals surface area contributed by atoms with Crippen LogP contribution in [0.5, 0.6) is 0 Å². The van der Waals surface area contributed by atoms with Gasteiger partial charge in [0.15, 0.2) is 0 Å². The molecule has 1 aliphatic carbocycles. The molecular formula is C24H29N3O2. The number of benzene rings is 2. The van der Waals surface area contributed by atoms with Crippen molar-refractivity contribution in [2.24, 2.45) is 11.8 Å². The van der Waals surface area contributed by atoms with Crippen LogP contribution in [0.2, 0.25) is 0 Å². The molecule has 2 amide bonds. The molecule has 2 unspecified atom stereocenters. The number of carbonyl (C=O) groups excluding carboxylic acids is 2. The van der Waals surface area contributed by atoms with Gasteiger partial charge >= 0.3 is 0 Å². The minimum Gasteiger partial charge on any atom is -0.368 e. The Morgan fingerprint density at radius 3 is 2.48 bits per heavy atom. The molecule has 0 radical (unpaired) electrons. The van der Waals surface area contributed by atoms with Crippen molar-refractivity contribution in [2.45, 2.75) is 26.7 Å². The van der Waals surface area contributed by atoms with Gasteiger partial charge < -0.3 is 15.1 Å². The van der Waals surface area contributed by atoms with E-state index < -0.39 is 0 Å². The molecule has 2 aliphatic rings. The first-order valence-electron chi connectivity index (χ1n) is 10.6. The Kier molecular flexibility index (Phi) is 5.56. The Hall–Kier alpha value is -2.82. The second kappa shape index (κ2) is 8.27. The molecule has 5 heteroatoms. The van der Waals surface area contributed by atoms with E-state index in [2.05, 4.69) is 48.3 Å². The molecule has 152 valence electrons. The Balaban J connectivity index is 1.30. The summed E-state index contributed by atoms with van der Waals surface area (Å²) in [6.45, 7) is 7.28. The zero-order chi connectivity index (χ0) is 20.4. The Labute approximate surface area is 172 Å². The number of nitrogens with zero attached hydrogens (tertiary/aromatic N) is 2. The fourth-order valence-electron chi connectivity index (χ4n) is 4.18. The molecule has 0 spiro atoms. The fraction of sp³-hybridized carbons (Fsp3) is 0.417. The van der Waals surface area contributed by atoms with E-state index in [9.17, 15) is 9.59 Å². The summed E-state index contributed by atoms with van der Waals surface area (Å²) in [5, 5.41) is 3.03. The number of amides is 2. The SMILES string of the molecule is CCc1ccccc1NC(=O)C1CC1C(=O)N1CCN(c2cccc(C)c2)CC1. The van der Waals surface area contributed by atoms with E-state index in [0.717, 1.165) is 43.9 Å². The molecule has 5 nitrogen and oxygen atoms in total. The monoisotopic (exact) mass is 391 g/mol. The predicted octanol–water partition coefficient (Wildman–Crippen LogP) is 3.48. The highest BCUT2D eigenvalue weighted by molar-refractivity contribution is 6.00. The molecular weight excluding hydrogens is 362 g/mol. The Bertz CT molecular complexity index is 903. The van der Waals surface area contributed by atoms with Crippen molar-refractivity contribution in [1.82, 2.24) is 4.90 Å². The molecule has 1 saturated heterocycles. The van der Waals surface area contributed by atoms with Gasteiger partial charge in [0.1, 0.15) is 0 Å². The van der Waals surface area contributed by atoms with Crippen molar-refractivity contribution in [3.63, 3.8) is 0 Å². The third-order valence-electron chi connectivity index (χ3n) is 6.06. The minimum absolute atomic E-state index is 0.0253. The van der Waals surface area contributed by atoms with Gasteiger partial charge in [-0.3, -0.25) is 9.59 Å². The first-order valence-corrected chi connectivity index (χ1v) is 10.6. The molecule has 29 heavy (non-hydrogen) atoms. The molecule has 1 N–H and O–H groups in total. The lowest BCUT2D eigenvalue weighted by molar-refractivity contribution is -0.134. The standard InChI is InChI=1S/C24H29N3O2/c1-3-18-8-4-5-10-22(18)25-23(28)20-16-21(20)24(29)27-13-11-26(12-14-27)19-9-6-7-17(2)15-19/h4-10,15,20-21H,3,11-14,16H2,1-2H3,(H,25,28). The third-order valence-corrected chi connectivity index (χ3v) is 6.06. The van der Waals surface area contributed by atoms with E-state index in [1.807, 2.05) is 29.2 Å².